The van der Waals surface area contributed by atoms with E-state index in [4.69, 9.17) is 0 Å². The largest absolute Gasteiger partial charge is 0.393 e. The Labute approximate surface area is 147 Å². The summed E-state index contributed by atoms with van der Waals surface area (Å²) in [5.41, 5.74) is 0.990. The van der Waals surface area contributed by atoms with Crippen LogP contribution in [0.2, 0.25) is 0 Å². The van der Waals surface area contributed by atoms with E-state index in [0.717, 1.165) is 49.1 Å². The number of nitrogens with two attached hydrogens (primary N) is 1. The van der Waals surface area contributed by atoms with E-state index in [9.17, 15) is 10.2 Å². The summed E-state index contributed by atoms with van der Waals surface area (Å²) in [6.07, 6.45) is 11.6. The predicted octanol–water partition coefficient (Wildman–Crippen LogP) is 2.31. The van der Waals surface area contributed by atoms with Crippen LogP contribution in [-0.2, 0) is 0 Å². The Morgan fingerprint density at radius 2 is 1.67 bits per heavy atom. The second-order valence-corrected chi connectivity index (χ2v) is 10.1. The van der Waals surface area contributed by atoms with Crippen LogP contribution in [0, 0.1) is 34.5 Å². The van der Waals surface area contributed by atoms with Crippen LogP contribution in [0.25, 0.3) is 0 Å². The Bertz CT molecular complexity index is 469. The Morgan fingerprint density at radius 3 is 2.46 bits per heavy atom. The second kappa shape index (κ2) is 6.25. The van der Waals surface area contributed by atoms with Gasteiger partial charge in [0.2, 0.25) is 0 Å². The average Bonchev–Trinajstić information content (AvgIpc) is 2.90. The molecule has 0 spiro atoms. The predicted molar refractivity (Wildman–Crippen MR) is 95.4 cm³/mol. The quantitative estimate of drug-likeness (QED) is 0.741. The Kier molecular flexibility index (Phi) is 4.50. The molecular weight excluding hydrogens is 298 g/mol. The minimum atomic E-state index is -0.0302. The van der Waals surface area contributed by atoms with Gasteiger partial charge in [-0.25, -0.2) is 0 Å². The molecule has 0 amide bonds. The first-order valence-electron chi connectivity index (χ1n) is 10.6. The second-order valence-electron chi connectivity index (χ2n) is 10.1. The molecule has 138 valence electrons. The first kappa shape index (κ1) is 17.3. The van der Waals surface area contributed by atoms with Crippen LogP contribution in [-0.4, -0.2) is 35.5 Å². The van der Waals surface area contributed by atoms with Crippen molar-refractivity contribution < 1.29 is 15.5 Å². The number of aliphatic hydroxyl groups excluding tert-OH is 2. The summed E-state index contributed by atoms with van der Waals surface area (Å²) in [6.45, 7) is 6.33. The lowest BCUT2D eigenvalue weighted by molar-refractivity contribution is -0.702. The zero-order valence-electron chi connectivity index (χ0n) is 15.7. The third-order valence-electron chi connectivity index (χ3n) is 9.29. The molecule has 0 aromatic carbocycles. The van der Waals surface area contributed by atoms with Crippen molar-refractivity contribution in [1.82, 2.24) is 0 Å². The highest BCUT2D eigenvalue weighted by molar-refractivity contribution is 5.09. The van der Waals surface area contributed by atoms with Gasteiger partial charge in [-0.05, 0) is 80.5 Å². The van der Waals surface area contributed by atoms with Crippen molar-refractivity contribution in [2.75, 3.05) is 13.2 Å². The van der Waals surface area contributed by atoms with E-state index in [-0.39, 0.29) is 6.10 Å². The van der Waals surface area contributed by atoms with Gasteiger partial charge in [-0.1, -0.05) is 13.8 Å². The van der Waals surface area contributed by atoms with Crippen molar-refractivity contribution in [3.8, 4) is 0 Å². The van der Waals surface area contributed by atoms with E-state index in [1.807, 2.05) is 0 Å². The van der Waals surface area contributed by atoms with Crippen LogP contribution in [0.4, 0.5) is 0 Å². The molecule has 0 aromatic heterocycles. The van der Waals surface area contributed by atoms with Crippen molar-refractivity contribution in [3.05, 3.63) is 0 Å². The van der Waals surface area contributed by atoms with Gasteiger partial charge in [0.25, 0.3) is 0 Å². The van der Waals surface area contributed by atoms with Crippen molar-refractivity contribution in [2.24, 2.45) is 34.5 Å². The number of hydrogen-bond donors (Lipinski definition) is 3. The molecule has 4 fully saturated rings. The maximum Gasteiger partial charge on any atom is 0.0992 e. The summed E-state index contributed by atoms with van der Waals surface area (Å²) in [5.74, 6) is 3.50. The molecular formula is C21H38NO2+. The summed E-state index contributed by atoms with van der Waals surface area (Å²) in [6, 6.07) is 0.731. The van der Waals surface area contributed by atoms with Crippen molar-refractivity contribution >= 4 is 0 Å². The highest BCUT2D eigenvalue weighted by atomic mass is 16.3. The normalized spacial score (nSPS) is 54.0. The Balaban J connectivity index is 1.54. The molecule has 0 bridgehead atoms. The van der Waals surface area contributed by atoms with E-state index < -0.39 is 0 Å². The molecule has 0 unspecified atom stereocenters. The highest BCUT2D eigenvalue weighted by Crippen LogP contribution is 2.65. The fourth-order valence-electron chi connectivity index (χ4n) is 7.94. The van der Waals surface area contributed by atoms with Crippen LogP contribution in [0.1, 0.15) is 71.6 Å². The van der Waals surface area contributed by atoms with E-state index in [0.29, 0.717) is 17.4 Å². The standard InChI is InChI=1S/C21H37NO2/c1-20-9-7-15(24)13-14(20)3-4-16-17-5-6-19(22-11-12-23)21(17,2)10-8-18(16)20/h14-19,22-24H,3-13H2,1-2H3/p+1/t14-,15-,16+,17+,18-,19-,20-,21-/m0/s1. The highest BCUT2D eigenvalue weighted by Gasteiger charge is 2.61. The molecule has 0 saturated heterocycles. The van der Waals surface area contributed by atoms with E-state index in [1.165, 1.54) is 44.9 Å². The van der Waals surface area contributed by atoms with Gasteiger partial charge in [0.1, 0.15) is 0 Å². The minimum absolute atomic E-state index is 0.0302. The lowest BCUT2D eigenvalue weighted by atomic mass is 9.45. The third kappa shape index (κ3) is 2.49. The van der Waals surface area contributed by atoms with E-state index >= 15 is 0 Å². The van der Waals surface area contributed by atoms with Gasteiger partial charge in [0.15, 0.2) is 0 Å². The summed E-state index contributed by atoms with van der Waals surface area (Å²) >= 11 is 0. The zero-order valence-corrected chi connectivity index (χ0v) is 15.7. The van der Waals surface area contributed by atoms with E-state index in [1.54, 1.807) is 0 Å². The van der Waals surface area contributed by atoms with Crippen molar-refractivity contribution in [1.29, 1.82) is 0 Å². The molecule has 4 rings (SSSR count). The number of rotatable bonds is 3. The van der Waals surface area contributed by atoms with Crippen LogP contribution in [0.15, 0.2) is 0 Å². The first-order valence-corrected chi connectivity index (χ1v) is 10.6. The lowest BCUT2D eigenvalue weighted by Gasteiger charge is -2.60. The molecule has 4 N–H and O–H groups in total. The molecule has 0 aliphatic heterocycles. The zero-order chi connectivity index (χ0) is 16.9. The topological polar surface area (TPSA) is 57.1 Å². The van der Waals surface area contributed by atoms with Crippen LogP contribution >= 0.6 is 0 Å². The molecule has 8 atom stereocenters. The molecule has 0 heterocycles. The molecule has 4 aliphatic carbocycles. The van der Waals surface area contributed by atoms with Gasteiger partial charge < -0.3 is 15.5 Å². The first-order chi connectivity index (χ1) is 11.5. The molecule has 4 saturated carbocycles. The number of hydrogen-bond acceptors (Lipinski definition) is 2. The van der Waals surface area contributed by atoms with Crippen molar-refractivity contribution in [2.45, 2.75) is 83.8 Å². The maximum atomic E-state index is 10.1. The van der Waals surface area contributed by atoms with Crippen LogP contribution in [0.5, 0.6) is 0 Å². The van der Waals surface area contributed by atoms with Gasteiger partial charge in [-0.2, -0.15) is 0 Å². The summed E-state index contributed by atoms with van der Waals surface area (Å²) < 4.78 is 0. The summed E-state index contributed by atoms with van der Waals surface area (Å²) in [7, 11) is 0. The molecule has 4 aliphatic rings. The van der Waals surface area contributed by atoms with Crippen LogP contribution < -0.4 is 5.32 Å². The Morgan fingerprint density at radius 1 is 0.917 bits per heavy atom. The molecule has 3 heteroatoms. The third-order valence-corrected chi connectivity index (χ3v) is 9.29. The van der Waals surface area contributed by atoms with Gasteiger partial charge in [-0.15, -0.1) is 0 Å². The number of quaternary nitrogens is 1. The minimum Gasteiger partial charge on any atom is -0.393 e. The Hall–Kier alpha value is -0.120. The summed E-state index contributed by atoms with van der Waals surface area (Å²) in [4.78, 5) is 0. The van der Waals surface area contributed by atoms with E-state index in [2.05, 4.69) is 19.2 Å². The average molecular weight is 337 g/mol. The van der Waals surface area contributed by atoms with Gasteiger partial charge in [0.05, 0.1) is 25.3 Å². The summed E-state index contributed by atoms with van der Waals surface area (Å²) in [5, 5.41) is 21.8. The van der Waals surface area contributed by atoms with Crippen LogP contribution in [0.3, 0.4) is 0 Å². The smallest absolute Gasteiger partial charge is 0.0992 e. The SMILES string of the molecule is C[C@]12CC[C@H](O)C[C@@H]1CC[C@@H]1[C@H]3CC[C@H]([NH2+]CCO)[C@@]3(C)CC[C@@H]12. The monoisotopic (exact) mass is 336 g/mol. The van der Waals surface area contributed by atoms with Crippen molar-refractivity contribution in [3.63, 3.8) is 0 Å². The van der Waals surface area contributed by atoms with Gasteiger partial charge in [0, 0.05) is 11.8 Å². The molecule has 3 nitrogen and oxygen atoms in total. The number of fused-ring (bicyclic) bond motifs is 5. The lowest BCUT2D eigenvalue weighted by Crippen LogP contribution is -2.93. The molecule has 0 aromatic rings. The maximum absolute atomic E-state index is 10.1. The fraction of sp³-hybridized carbons (Fsp3) is 1.00. The molecule has 24 heavy (non-hydrogen) atoms. The van der Waals surface area contributed by atoms with Gasteiger partial charge >= 0.3 is 0 Å². The van der Waals surface area contributed by atoms with Gasteiger partial charge in [-0.3, -0.25) is 0 Å². The molecule has 0 radical (unpaired) electrons. The number of aliphatic hydroxyl groups is 2. The fourth-order valence-corrected chi connectivity index (χ4v) is 7.94.